The van der Waals surface area contributed by atoms with Crippen LogP contribution in [0.3, 0.4) is 0 Å². The summed E-state index contributed by atoms with van der Waals surface area (Å²) >= 11 is 0. The second-order valence-electron chi connectivity index (χ2n) is 9.17. The number of hydrogen-bond donors (Lipinski definition) is 0. The van der Waals surface area contributed by atoms with Gasteiger partial charge in [-0.3, -0.25) is 0 Å². The molecule has 5 aromatic rings. The van der Waals surface area contributed by atoms with E-state index >= 15 is 0 Å². The lowest BCUT2D eigenvalue weighted by atomic mass is 10.2. The van der Waals surface area contributed by atoms with Crippen molar-refractivity contribution in [3.05, 3.63) is 131 Å². The first kappa shape index (κ1) is 30.2. The van der Waals surface area contributed by atoms with E-state index in [2.05, 4.69) is 40.1 Å². The number of nitrogens with zero attached hydrogens (tertiary/aromatic N) is 8. The Labute approximate surface area is 256 Å². The van der Waals surface area contributed by atoms with Gasteiger partial charge in [-0.15, -0.1) is 10.2 Å². The van der Waals surface area contributed by atoms with E-state index in [0.717, 1.165) is 16.7 Å². The highest BCUT2D eigenvalue weighted by molar-refractivity contribution is 5.89. The molecule has 0 aliphatic rings. The molecule has 0 aliphatic heterocycles. The molecule has 0 aliphatic carbocycles. The zero-order valence-corrected chi connectivity index (χ0v) is 23.8. The summed E-state index contributed by atoms with van der Waals surface area (Å²) in [5, 5.41) is 7.76. The molecule has 0 spiro atoms. The summed E-state index contributed by atoms with van der Waals surface area (Å²) in [5.74, 6) is -4.51. The first-order valence-electron chi connectivity index (χ1n) is 13.5. The number of azo groups is 1. The third-order valence-corrected chi connectivity index (χ3v) is 5.77. The number of esters is 3. The molecule has 0 amide bonds. The summed E-state index contributed by atoms with van der Waals surface area (Å²) < 4.78 is 15.9. The molecule has 0 unspecified atom stereocenters. The van der Waals surface area contributed by atoms with Gasteiger partial charge in [-0.25, -0.2) is 19.4 Å². The SMILES string of the molecule is Cc1nc(N=Nc2nc(C(=O)OCc3ccccc3)nc(C(=O)OCc3ccccc3)n2)nc(C(=O)OCc2ccccc2)n1. The van der Waals surface area contributed by atoms with Crippen molar-refractivity contribution in [1.82, 2.24) is 29.9 Å². The first-order valence-corrected chi connectivity index (χ1v) is 13.5. The van der Waals surface area contributed by atoms with Crippen molar-refractivity contribution in [3.8, 4) is 0 Å². The minimum atomic E-state index is -0.936. The fourth-order valence-corrected chi connectivity index (χ4v) is 3.65. The molecule has 0 fully saturated rings. The van der Waals surface area contributed by atoms with Crippen LogP contribution in [0.4, 0.5) is 11.9 Å². The van der Waals surface area contributed by atoms with E-state index in [4.69, 9.17) is 14.2 Å². The summed E-state index contributed by atoms with van der Waals surface area (Å²) in [6.07, 6.45) is 0. The zero-order valence-electron chi connectivity index (χ0n) is 23.8. The van der Waals surface area contributed by atoms with Gasteiger partial charge in [0.15, 0.2) is 0 Å². The minimum absolute atomic E-state index is 0.0123. The van der Waals surface area contributed by atoms with Crippen LogP contribution in [0.5, 0.6) is 0 Å². The minimum Gasteiger partial charge on any atom is -0.455 e. The van der Waals surface area contributed by atoms with Crippen LogP contribution in [-0.4, -0.2) is 47.8 Å². The Bertz CT molecular complexity index is 1750. The lowest BCUT2D eigenvalue weighted by molar-refractivity contribution is 0.0438. The molecule has 0 N–H and O–H groups in total. The molecule has 224 valence electrons. The van der Waals surface area contributed by atoms with E-state index < -0.39 is 35.5 Å². The fraction of sp³-hybridized carbons (Fsp3) is 0.129. The molecule has 0 saturated heterocycles. The van der Waals surface area contributed by atoms with Crippen molar-refractivity contribution in [2.45, 2.75) is 26.7 Å². The average Bonchev–Trinajstić information content (AvgIpc) is 3.08. The quantitative estimate of drug-likeness (QED) is 0.114. The Balaban J connectivity index is 1.36. The second kappa shape index (κ2) is 14.7. The van der Waals surface area contributed by atoms with Crippen molar-refractivity contribution in [2.24, 2.45) is 10.2 Å². The topological polar surface area (TPSA) is 181 Å². The van der Waals surface area contributed by atoms with Gasteiger partial charge in [-0.2, -0.15) is 24.9 Å². The number of carbonyl (C=O) groups excluding carboxylic acids is 3. The van der Waals surface area contributed by atoms with Gasteiger partial charge in [-0.05, 0) is 23.6 Å². The predicted molar refractivity (Wildman–Crippen MR) is 155 cm³/mol. The third-order valence-electron chi connectivity index (χ3n) is 5.77. The third kappa shape index (κ3) is 8.84. The van der Waals surface area contributed by atoms with Gasteiger partial charge < -0.3 is 14.2 Å². The Morgan fingerprint density at radius 3 is 1.20 bits per heavy atom. The Morgan fingerprint density at radius 2 is 0.822 bits per heavy atom. The standard InChI is InChI=1S/C31H24N8O6/c1-20-32-24(27(40)43-17-21-11-5-2-6-12-21)35-30(33-20)38-39-31-36-25(28(41)44-18-22-13-7-3-8-14-22)34-26(37-31)29(42)45-19-23-15-9-4-10-16-23/h2-16H,17-19H2,1H3. The maximum absolute atomic E-state index is 12.8. The van der Waals surface area contributed by atoms with Crippen LogP contribution in [0, 0.1) is 6.92 Å². The van der Waals surface area contributed by atoms with Crippen LogP contribution < -0.4 is 0 Å². The van der Waals surface area contributed by atoms with E-state index in [1.54, 1.807) is 60.7 Å². The average molecular weight is 605 g/mol. The number of rotatable bonds is 11. The molecule has 2 aromatic heterocycles. The monoisotopic (exact) mass is 604 g/mol. The molecular formula is C31H24N8O6. The number of hydrogen-bond acceptors (Lipinski definition) is 14. The highest BCUT2D eigenvalue weighted by Crippen LogP contribution is 2.15. The van der Waals surface area contributed by atoms with Crippen LogP contribution in [0.25, 0.3) is 0 Å². The lowest BCUT2D eigenvalue weighted by Gasteiger charge is -2.07. The van der Waals surface area contributed by atoms with Gasteiger partial charge in [0, 0.05) is 0 Å². The maximum atomic E-state index is 12.8. The van der Waals surface area contributed by atoms with E-state index in [-0.39, 0.29) is 37.4 Å². The highest BCUT2D eigenvalue weighted by Gasteiger charge is 2.21. The molecular weight excluding hydrogens is 580 g/mol. The van der Waals surface area contributed by atoms with Crippen molar-refractivity contribution >= 4 is 29.8 Å². The van der Waals surface area contributed by atoms with Gasteiger partial charge in [0.25, 0.3) is 11.9 Å². The summed E-state index contributed by atoms with van der Waals surface area (Å²) in [6.45, 7) is 1.41. The molecule has 0 saturated carbocycles. The summed E-state index contributed by atoms with van der Waals surface area (Å²) in [6, 6.07) is 27.0. The highest BCUT2D eigenvalue weighted by atomic mass is 16.5. The Morgan fingerprint density at radius 1 is 0.489 bits per heavy atom. The van der Waals surface area contributed by atoms with Crippen LogP contribution in [0.15, 0.2) is 101 Å². The first-order chi connectivity index (χ1) is 21.9. The van der Waals surface area contributed by atoms with Crippen molar-refractivity contribution in [3.63, 3.8) is 0 Å². The number of benzene rings is 3. The van der Waals surface area contributed by atoms with Gasteiger partial charge in [0.05, 0.1) is 0 Å². The number of aromatic nitrogens is 6. The number of carbonyl (C=O) groups is 3. The molecule has 2 heterocycles. The van der Waals surface area contributed by atoms with Gasteiger partial charge in [0.2, 0.25) is 17.5 Å². The Kier molecular flexibility index (Phi) is 9.87. The molecule has 3 aromatic carbocycles. The van der Waals surface area contributed by atoms with E-state index in [1.165, 1.54) is 6.92 Å². The van der Waals surface area contributed by atoms with E-state index in [0.29, 0.717) is 0 Å². The fourth-order valence-electron chi connectivity index (χ4n) is 3.65. The van der Waals surface area contributed by atoms with Crippen LogP contribution >= 0.6 is 0 Å². The largest absolute Gasteiger partial charge is 0.455 e. The number of ether oxygens (including phenoxy) is 3. The predicted octanol–water partition coefficient (Wildman–Crippen LogP) is 4.85. The summed E-state index contributed by atoms with van der Waals surface area (Å²) in [4.78, 5) is 62.2. The smallest absolute Gasteiger partial charge is 0.376 e. The van der Waals surface area contributed by atoms with Crippen molar-refractivity contribution in [2.75, 3.05) is 0 Å². The molecule has 45 heavy (non-hydrogen) atoms. The molecule has 0 atom stereocenters. The summed E-state index contributed by atoms with van der Waals surface area (Å²) in [5.41, 5.74) is 2.24. The Hall–Kier alpha value is -6.31. The molecule has 0 bridgehead atoms. The number of aryl methyl sites for hydroxylation is 1. The van der Waals surface area contributed by atoms with Crippen LogP contribution in [0.2, 0.25) is 0 Å². The van der Waals surface area contributed by atoms with Crippen molar-refractivity contribution in [1.29, 1.82) is 0 Å². The van der Waals surface area contributed by atoms with E-state index in [1.807, 2.05) is 30.3 Å². The van der Waals surface area contributed by atoms with Crippen LogP contribution in [-0.2, 0) is 34.0 Å². The summed E-state index contributed by atoms with van der Waals surface area (Å²) in [7, 11) is 0. The molecule has 0 radical (unpaired) electrons. The zero-order chi connectivity index (χ0) is 31.4. The van der Waals surface area contributed by atoms with Gasteiger partial charge >= 0.3 is 17.9 Å². The van der Waals surface area contributed by atoms with Gasteiger partial charge in [-0.1, -0.05) is 91.0 Å². The van der Waals surface area contributed by atoms with Gasteiger partial charge in [0.1, 0.15) is 25.6 Å². The molecule has 14 nitrogen and oxygen atoms in total. The van der Waals surface area contributed by atoms with Crippen molar-refractivity contribution < 1.29 is 28.6 Å². The second-order valence-corrected chi connectivity index (χ2v) is 9.17. The lowest BCUT2D eigenvalue weighted by Crippen LogP contribution is -2.17. The maximum Gasteiger partial charge on any atom is 0.376 e. The molecule has 14 heteroatoms. The normalized spacial score (nSPS) is 10.8. The molecule has 5 rings (SSSR count). The van der Waals surface area contributed by atoms with Crippen LogP contribution in [0.1, 0.15) is 54.4 Å². The van der Waals surface area contributed by atoms with E-state index in [9.17, 15) is 14.4 Å².